The quantitative estimate of drug-likeness (QED) is 0.129. The molecule has 0 atom stereocenters. The van der Waals surface area contributed by atoms with Crippen molar-refractivity contribution in [3.05, 3.63) is 90.2 Å². The molecule has 1 aromatic heterocycles. The van der Waals surface area contributed by atoms with Crippen LogP contribution in [0.2, 0.25) is 0 Å². The number of aromatic amines is 1. The molecule has 0 spiro atoms. The lowest BCUT2D eigenvalue weighted by Gasteiger charge is -2.09. The third-order valence-corrected chi connectivity index (χ3v) is 5.79. The van der Waals surface area contributed by atoms with Crippen molar-refractivity contribution in [2.75, 3.05) is 5.32 Å². The maximum Gasteiger partial charge on any atom is 0.340 e. The minimum atomic E-state index is -0.657. The molecule has 0 aliphatic heterocycles. The van der Waals surface area contributed by atoms with Crippen LogP contribution >= 0.6 is 0 Å². The SMILES string of the molecule is Cc1ccc(Oc2nc3cc(-c4ccc(-c5ccccc5O)cc4)c(F)cc3[nH]2)cc1NC(=O)NN=N. The van der Waals surface area contributed by atoms with Crippen LogP contribution in [0.5, 0.6) is 17.5 Å². The van der Waals surface area contributed by atoms with Gasteiger partial charge in [0.1, 0.15) is 17.3 Å². The fourth-order valence-electron chi connectivity index (χ4n) is 3.94. The number of aromatic hydroxyl groups is 1. The molecule has 0 unspecified atom stereocenters. The Morgan fingerprint density at radius 3 is 2.49 bits per heavy atom. The zero-order valence-electron chi connectivity index (χ0n) is 19.5. The van der Waals surface area contributed by atoms with E-state index < -0.39 is 11.8 Å². The van der Waals surface area contributed by atoms with Gasteiger partial charge >= 0.3 is 6.03 Å². The largest absolute Gasteiger partial charge is 0.507 e. The van der Waals surface area contributed by atoms with Crippen LogP contribution in [0.4, 0.5) is 14.9 Å². The molecule has 4 aromatic carbocycles. The summed E-state index contributed by atoms with van der Waals surface area (Å²) in [7, 11) is 0. The Labute approximate surface area is 210 Å². The number of aryl methyl sites for hydroxylation is 1. The standard InChI is InChI=1S/C27H21FN6O3/c1-15-6-11-18(12-22(15)30-26(36)33-34-29)37-27-31-23-13-20(21(28)14-24(23)32-27)17-9-7-16(8-10-17)19-4-2-3-5-25(19)35/h2-14,35H,1H3,(H,31,32)(H3,29,30,33,36). The second-order valence-electron chi connectivity index (χ2n) is 8.24. The zero-order valence-corrected chi connectivity index (χ0v) is 19.5. The normalized spacial score (nSPS) is 10.8. The third kappa shape index (κ3) is 4.94. The first-order chi connectivity index (χ1) is 17.9. The molecule has 184 valence electrons. The first-order valence-electron chi connectivity index (χ1n) is 11.2. The van der Waals surface area contributed by atoms with Gasteiger partial charge in [0, 0.05) is 28.9 Å². The number of para-hydroxylation sites is 1. The number of hydrogen-bond acceptors (Lipinski definition) is 6. The van der Waals surface area contributed by atoms with Crippen LogP contribution < -0.4 is 15.5 Å². The lowest BCUT2D eigenvalue weighted by atomic mass is 9.99. The summed E-state index contributed by atoms with van der Waals surface area (Å²) >= 11 is 0. The van der Waals surface area contributed by atoms with E-state index >= 15 is 4.39 Å². The van der Waals surface area contributed by atoms with Crippen molar-refractivity contribution in [3.8, 4) is 39.8 Å². The maximum atomic E-state index is 15.0. The fourth-order valence-corrected chi connectivity index (χ4v) is 3.94. The Morgan fingerprint density at radius 2 is 1.76 bits per heavy atom. The summed E-state index contributed by atoms with van der Waals surface area (Å²) in [5.41, 5.74) is 13.5. The molecule has 0 saturated carbocycles. The van der Waals surface area contributed by atoms with Gasteiger partial charge in [-0.25, -0.2) is 14.6 Å². The van der Waals surface area contributed by atoms with Crippen LogP contribution in [0.25, 0.3) is 33.3 Å². The van der Waals surface area contributed by atoms with Crippen LogP contribution in [0.1, 0.15) is 5.56 Å². The van der Waals surface area contributed by atoms with Crippen molar-refractivity contribution >= 4 is 22.8 Å². The van der Waals surface area contributed by atoms with Crippen LogP contribution in [0.3, 0.4) is 0 Å². The predicted octanol–water partition coefficient (Wildman–Crippen LogP) is 6.91. The number of urea groups is 1. The number of fused-ring (bicyclic) bond motifs is 1. The second-order valence-corrected chi connectivity index (χ2v) is 8.24. The van der Waals surface area contributed by atoms with Crippen molar-refractivity contribution in [1.82, 2.24) is 15.4 Å². The van der Waals surface area contributed by atoms with Crippen LogP contribution in [0.15, 0.2) is 84.1 Å². The molecule has 37 heavy (non-hydrogen) atoms. The molecule has 2 amide bonds. The lowest BCUT2D eigenvalue weighted by Crippen LogP contribution is -2.23. The van der Waals surface area contributed by atoms with E-state index in [-0.39, 0.29) is 11.8 Å². The number of aromatic nitrogens is 2. The number of anilines is 1. The van der Waals surface area contributed by atoms with E-state index in [0.717, 1.165) is 11.1 Å². The highest BCUT2D eigenvalue weighted by atomic mass is 19.1. The van der Waals surface area contributed by atoms with E-state index in [0.29, 0.717) is 39.2 Å². The van der Waals surface area contributed by atoms with Crippen molar-refractivity contribution in [3.63, 3.8) is 0 Å². The van der Waals surface area contributed by atoms with Gasteiger partial charge in [0.25, 0.3) is 6.01 Å². The Hall–Kier alpha value is -5.25. The number of benzene rings is 4. The van der Waals surface area contributed by atoms with E-state index in [1.54, 1.807) is 55.5 Å². The molecule has 0 radical (unpaired) electrons. The van der Waals surface area contributed by atoms with Gasteiger partial charge in [0.05, 0.1) is 11.0 Å². The Morgan fingerprint density at radius 1 is 1.03 bits per heavy atom. The molecule has 5 aromatic rings. The number of nitrogens with one attached hydrogen (secondary N) is 4. The predicted molar refractivity (Wildman–Crippen MR) is 137 cm³/mol. The van der Waals surface area contributed by atoms with Crippen molar-refractivity contribution in [1.29, 1.82) is 5.53 Å². The van der Waals surface area contributed by atoms with Crippen molar-refractivity contribution in [2.24, 2.45) is 5.22 Å². The Bertz CT molecular complexity index is 1630. The average Bonchev–Trinajstić information content (AvgIpc) is 3.27. The number of phenolic OH excluding ortho intramolecular Hbond substituents is 1. The number of H-pyrrole nitrogens is 1. The van der Waals surface area contributed by atoms with E-state index in [2.05, 4.69) is 20.5 Å². The number of imidazole rings is 1. The summed E-state index contributed by atoms with van der Waals surface area (Å²) in [6.45, 7) is 1.80. The molecule has 1 heterocycles. The molecule has 10 heteroatoms. The average molecular weight is 497 g/mol. The molecule has 5 N–H and O–H groups in total. The molecule has 0 fully saturated rings. The first kappa shape index (κ1) is 23.5. The number of rotatable bonds is 6. The molecular formula is C27H21FN6O3. The number of phenols is 1. The molecule has 0 saturated heterocycles. The topological polar surface area (TPSA) is 135 Å². The number of carbonyl (C=O) groups is 1. The molecule has 9 nitrogen and oxygen atoms in total. The van der Waals surface area contributed by atoms with Crippen LogP contribution in [-0.4, -0.2) is 21.1 Å². The maximum absolute atomic E-state index is 15.0. The zero-order chi connectivity index (χ0) is 25.9. The van der Waals surface area contributed by atoms with E-state index in [1.807, 2.05) is 29.7 Å². The molecule has 0 aliphatic rings. The van der Waals surface area contributed by atoms with Gasteiger partial charge in [-0.3, -0.25) is 0 Å². The summed E-state index contributed by atoms with van der Waals surface area (Å²) in [5, 5.41) is 15.5. The molecule has 0 bridgehead atoms. The highest BCUT2D eigenvalue weighted by molar-refractivity contribution is 5.90. The molecular weight excluding hydrogens is 475 g/mol. The highest BCUT2D eigenvalue weighted by Gasteiger charge is 2.13. The minimum absolute atomic E-state index is 0.155. The van der Waals surface area contributed by atoms with Gasteiger partial charge in [-0.1, -0.05) is 53.8 Å². The van der Waals surface area contributed by atoms with Gasteiger partial charge in [-0.05, 0) is 41.8 Å². The number of amides is 2. The monoisotopic (exact) mass is 496 g/mol. The Balaban J connectivity index is 1.40. The summed E-state index contributed by atoms with van der Waals surface area (Å²) in [4.78, 5) is 19.1. The van der Waals surface area contributed by atoms with E-state index in [1.165, 1.54) is 6.07 Å². The number of nitrogens with zero attached hydrogens (tertiary/aromatic N) is 2. The Kier molecular flexibility index (Phi) is 6.21. The fraction of sp³-hybridized carbons (Fsp3) is 0.0370. The molecule has 5 rings (SSSR count). The van der Waals surface area contributed by atoms with Gasteiger partial charge in [-0.15, -0.1) is 0 Å². The summed E-state index contributed by atoms with van der Waals surface area (Å²) in [5.74, 6) is 0.142. The first-order valence-corrected chi connectivity index (χ1v) is 11.2. The summed E-state index contributed by atoms with van der Waals surface area (Å²) in [6.07, 6.45) is 0. The smallest absolute Gasteiger partial charge is 0.340 e. The van der Waals surface area contributed by atoms with Crippen LogP contribution in [0, 0.1) is 18.3 Å². The molecule has 0 aliphatic carbocycles. The summed E-state index contributed by atoms with van der Waals surface area (Å²) < 4.78 is 20.8. The minimum Gasteiger partial charge on any atom is -0.507 e. The highest BCUT2D eigenvalue weighted by Crippen LogP contribution is 2.33. The number of hydrogen-bond donors (Lipinski definition) is 5. The van der Waals surface area contributed by atoms with Gasteiger partial charge in [0.2, 0.25) is 0 Å². The van der Waals surface area contributed by atoms with Crippen LogP contribution in [-0.2, 0) is 0 Å². The number of ether oxygens (including phenoxy) is 1. The number of carbonyl (C=O) groups excluding carboxylic acids is 1. The van der Waals surface area contributed by atoms with E-state index in [9.17, 15) is 9.90 Å². The second kappa shape index (κ2) is 9.78. The number of halogens is 1. The van der Waals surface area contributed by atoms with E-state index in [4.69, 9.17) is 10.3 Å². The van der Waals surface area contributed by atoms with Gasteiger partial charge in [-0.2, -0.15) is 10.5 Å². The third-order valence-electron chi connectivity index (χ3n) is 5.79. The van der Waals surface area contributed by atoms with Crippen molar-refractivity contribution < 1.29 is 19.0 Å². The lowest BCUT2D eigenvalue weighted by molar-refractivity contribution is 0.251. The van der Waals surface area contributed by atoms with Gasteiger partial charge in [0.15, 0.2) is 0 Å². The summed E-state index contributed by atoms with van der Waals surface area (Å²) in [6, 6.07) is 21.8. The van der Waals surface area contributed by atoms with Gasteiger partial charge < -0.3 is 20.1 Å². The van der Waals surface area contributed by atoms with Crippen molar-refractivity contribution in [2.45, 2.75) is 6.92 Å².